The van der Waals surface area contributed by atoms with Gasteiger partial charge in [0.15, 0.2) is 0 Å². The number of aromatic nitrogens is 2. The molecule has 1 aromatic rings. The molecule has 0 N–H and O–H groups in total. The number of hydrogen-bond acceptors (Lipinski definition) is 1. The molecule has 0 atom stereocenters. The summed E-state index contributed by atoms with van der Waals surface area (Å²) in [5, 5.41) is 3.62. The van der Waals surface area contributed by atoms with Crippen molar-refractivity contribution in [2.24, 2.45) is 0 Å². The average Bonchev–Trinajstić information content (AvgIpc) is 2.47. The first-order chi connectivity index (χ1) is 6.04. The van der Waals surface area contributed by atoms with Crippen molar-refractivity contribution in [3.05, 3.63) is 18.0 Å². The van der Waals surface area contributed by atoms with Crippen LogP contribution in [-0.4, -0.2) is 9.78 Å². The van der Waals surface area contributed by atoms with Crippen LogP contribution in [0.5, 0.6) is 0 Å². The molecule has 74 valence electrons. The molecule has 5 heteroatoms. The minimum Gasteiger partial charge on any atom is -0.272 e. The number of halogens is 3. The van der Waals surface area contributed by atoms with Crippen LogP contribution in [0.1, 0.15) is 25.3 Å². The zero-order valence-corrected chi connectivity index (χ0v) is 7.30. The fourth-order valence-corrected chi connectivity index (χ4v) is 0.952. The maximum atomic E-state index is 12.1. The Morgan fingerprint density at radius 1 is 1.46 bits per heavy atom. The normalized spacial score (nSPS) is 12.0. The van der Waals surface area contributed by atoms with E-state index >= 15 is 0 Å². The van der Waals surface area contributed by atoms with Crippen LogP contribution in [0.25, 0.3) is 0 Å². The monoisotopic (exact) mass is 192 g/mol. The summed E-state index contributed by atoms with van der Waals surface area (Å²) < 4.78 is 37.5. The van der Waals surface area contributed by atoms with Crippen molar-refractivity contribution in [2.45, 2.75) is 32.5 Å². The largest absolute Gasteiger partial charge is 0.419 e. The molecule has 0 fully saturated rings. The van der Waals surface area contributed by atoms with Crippen LogP contribution in [0, 0.1) is 0 Å². The van der Waals surface area contributed by atoms with Crippen molar-refractivity contribution in [1.82, 2.24) is 9.78 Å². The second-order valence-corrected chi connectivity index (χ2v) is 2.84. The summed E-state index contributed by atoms with van der Waals surface area (Å²) in [5.74, 6) is 0. The summed E-state index contributed by atoms with van der Waals surface area (Å²) in [6, 6.07) is 0. The molecule has 0 bridgehead atoms. The highest BCUT2D eigenvalue weighted by atomic mass is 19.4. The first kappa shape index (κ1) is 10.1. The maximum absolute atomic E-state index is 12.1. The molecular formula is C8H11F3N2. The van der Waals surface area contributed by atoms with Crippen molar-refractivity contribution >= 4 is 0 Å². The second kappa shape index (κ2) is 3.81. The van der Waals surface area contributed by atoms with Crippen molar-refractivity contribution in [2.75, 3.05) is 0 Å². The highest BCUT2D eigenvalue weighted by Gasteiger charge is 2.31. The number of nitrogens with zero attached hydrogens (tertiary/aromatic N) is 2. The number of unbranched alkanes of at least 4 members (excludes halogenated alkanes) is 1. The van der Waals surface area contributed by atoms with Gasteiger partial charge in [0.2, 0.25) is 0 Å². The summed E-state index contributed by atoms with van der Waals surface area (Å²) in [6.45, 7) is 2.53. The molecule has 0 amide bonds. The van der Waals surface area contributed by atoms with Crippen LogP contribution >= 0.6 is 0 Å². The SMILES string of the molecule is CCCCn1cc(C(F)(F)F)cn1. The Kier molecular flexibility index (Phi) is 2.95. The second-order valence-electron chi connectivity index (χ2n) is 2.84. The van der Waals surface area contributed by atoms with Crippen molar-refractivity contribution in [3.63, 3.8) is 0 Å². The van der Waals surface area contributed by atoms with Gasteiger partial charge in [0.05, 0.1) is 11.8 Å². The van der Waals surface area contributed by atoms with Crippen LogP contribution < -0.4 is 0 Å². The molecule has 2 nitrogen and oxygen atoms in total. The molecule has 1 heterocycles. The van der Waals surface area contributed by atoms with E-state index in [2.05, 4.69) is 5.10 Å². The van der Waals surface area contributed by atoms with E-state index in [1.165, 1.54) is 4.68 Å². The van der Waals surface area contributed by atoms with E-state index in [-0.39, 0.29) is 0 Å². The van der Waals surface area contributed by atoms with Gasteiger partial charge in [0.25, 0.3) is 0 Å². The van der Waals surface area contributed by atoms with Gasteiger partial charge in [-0.3, -0.25) is 4.68 Å². The molecule has 1 rings (SSSR count). The predicted molar refractivity (Wildman–Crippen MR) is 42.1 cm³/mol. The Labute approximate surface area is 74.4 Å². The van der Waals surface area contributed by atoms with Gasteiger partial charge in [-0.25, -0.2) is 0 Å². The van der Waals surface area contributed by atoms with Crippen LogP contribution in [0.4, 0.5) is 13.2 Å². The number of alkyl halides is 3. The van der Waals surface area contributed by atoms with Crippen LogP contribution in [0.15, 0.2) is 12.4 Å². The summed E-state index contributed by atoms with van der Waals surface area (Å²) in [4.78, 5) is 0. The molecule has 1 aromatic heterocycles. The Morgan fingerprint density at radius 3 is 2.62 bits per heavy atom. The van der Waals surface area contributed by atoms with E-state index in [1.54, 1.807) is 0 Å². The highest BCUT2D eigenvalue weighted by Crippen LogP contribution is 2.28. The maximum Gasteiger partial charge on any atom is 0.419 e. The topological polar surface area (TPSA) is 17.8 Å². The minimum absolute atomic E-state index is 0.548. The molecule has 0 aliphatic carbocycles. The predicted octanol–water partition coefficient (Wildman–Crippen LogP) is 2.70. The van der Waals surface area contributed by atoms with Gasteiger partial charge in [0.1, 0.15) is 0 Å². The third kappa shape index (κ3) is 2.75. The molecule has 13 heavy (non-hydrogen) atoms. The lowest BCUT2D eigenvalue weighted by Crippen LogP contribution is -2.03. The molecule has 0 aliphatic heterocycles. The van der Waals surface area contributed by atoms with Gasteiger partial charge in [-0.2, -0.15) is 18.3 Å². The standard InChI is InChI=1S/C8H11F3N2/c1-2-3-4-13-6-7(5-12-13)8(9,10)11/h5-6H,2-4H2,1H3. The average molecular weight is 192 g/mol. The Morgan fingerprint density at radius 2 is 2.15 bits per heavy atom. The first-order valence-electron chi connectivity index (χ1n) is 4.13. The molecule has 0 saturated carbocycles. The number of hydrogen-bond donors (Lipinski definition) is 0. The van der Waals surface area contributed by atoms with Crippen molar-refractivity contribution < 1.29 is 13.2 Å². The molecule has 0 unspecified atom stereocenters. The van der Waals surface area contributed by atoms with Crippen molar-refractivity contribution in [3.8, 4) is 0 Å². The van der Waals surface area contributed by atoms with Gasteiger partial charge in [-0.15, -0.1) is 0 Å². The highest BCUT2D eigenvalue weighted by molar-refractivity contribution is 5.08. The van der Waals surface area contributed by atoms with Crippen LogP contribution in [0.2, 0.25) is 0 Å². The molecule has 0 aromatic carbocycles. The van der Waals surface area contributed by atoms with Gasteiger partial charge in [0, 0.05) is 12.7 Å². The minimum atomic E-state index is -4.27. The third-order valence-corrected chi connectivity index (χ3v) is 1.70. The molecule has 0 radical (unpaired) electrons. The fraction of sp³-hybridized carbons (Fsp3) is 0.625. The van der Waals surface area contributed by atoms with Crippen molar-refractivity contribution in [1.29, 1.82) is 0 Å². The van der Waals surface area contributed by atoms with E-state index < -0.39 is 11.7 Å². The summed E-state index contributed by atoms with van der Waals surface area (Å²) >= 11 is 0. The van der Waals surface area contributed by atoms with E-state index in [4.69, 9.17) is 0 Å². The lowest BCUT2D eigenvalue weighted by Gasteiger charge is -2.01. The summed E-state index contributed by atoms with van der Waals surface area (Å²) in [5.41, 5.74) is -0.677. The Balaban J connectivity index is 2.64. The molecular weight excluding hydrogens is 181 g/mol. The molecule has 0 spiro atoms. The quantitative estimate of drug-likeness (QED) is 0.719. The molecule has 0 saturated heterocycles. The number of aryl methyl sites for hydroxylation is 1. The third-order valence-electron chi connectivity index (χ3n) is 1.70. The fourth-order valence-electron chi connectivity index (χ4n) is 0.952. The lowest BCUT2D eigenvalue weighted by molar-refractivity contribution is -0.137. The lowest BCUT2D eigenvalue weighted by atomic mass is 10.3. The number of rotatable bonds is 3. The van der Waals surface area contributed by atoms with E-state index in [0.717, 1.165) is 25.2 Å². The van der Waals surface area contributed by atoms with E-state index in [1.807, 2.05) is 6.92 Å². The van der Waals surface area contributed by atoms with Gasteiger partial charge < -0.3 is 0 Å². The van der Waals surface area contributed by atoms with E-state index in [9.17, 15) is 13.2 Å². The van der Waals surface area contributed by atoms with Gasteiger partial charge in [-0.1, -0.05) is 13.3 Å². The Bertz CT molecular complexity index is 265. The molecule has 0 aliphatic rings. The summed E-state index contributed by atoms with van der Waals surface area (Å²) in [7, 11) is 0. The zero-order valence-electron chi connectivity index (χ0n) is 7.30. The van der Waals surface area contributed by atoms with Crippen LogP contribution in [-0.2, 0) is 12.7 Å². The van der Waals surface area contributed by atoms with E-state index in [0.29, 0.717) is 6.54 Å². The smallest absolute Gasteiger partial charge is 0.272 e. The van der Waals surface area contributed by atoms with Gasteiger partial charge in [-0.05, 0) is 6.42 Å². The zero-order chi connectivity index (χ0) is 9.90. The van der Waals surface area contributed by atoms with Crippen LogP contribution in [0.3, 0.4) is 0 Å². The summed E-state index contributed by atoms with van der Waals surface area (Å²) in [6.07, 6.45) is -0.587. The first-order valence-corrected chi connectivity index (χ1v) is 4.13. The van der Waals surface area contributed by atoms with Gasteiger partial charge >= 0.3 is 6.18 Å². The Hall–Kier alpha value is -1.00.